The molecule has 0 bridgehead atoms. The van der Waals surface area contributed by atoms with E-state index in [1.807, 2.05) is 13.8 Å². The van der Waals surface area contributed by atoms with E-state index in [0.29, 0.717) is 11.0 Å². The number of aromatic nitrogens is 2. The first-order valence-electron chi connectivity index (χ1n) is 7.78. The van der Waals surface area contributed by atoms with Crippen LogP contribution in [0.4, 0.5) is 5.13 Å². The summed E-state index contributed by atoms with van der Waals surface area (Å²) in [6.45, 7) is 3.62. The Hall–Kier alpha value is -1.50. The zero-order chi connectivity index (χ0) is 15.9. The molecule has 0 unspecified atom stereocenters. The lowest BCUT2D eigenvalue weighted by Crippen LogP contribution is -2.17. The number of hydrogen-bond acceptors (Lipinski definition) is 5. The van der Waals surface area contributed by atoms with E-state index >= 15 is 0 Å². The van der Waals surface area contributed by atoms with E-state index in [0.717, 1.165) is 17.8 Å². The quantitative estimate of drug-likeness (QED) is 0.889. The van der Waals surface area contributed by atoms with Crippen molar-refractivity contribution in [2.24, 2.45) is 17.3 Å². The van der Waals surface area contributed by atoms with Crippen LogP contribution in [0.2, 0.25) is 0 Å². The highest BCUT2D eigenvalue weighted by Crippen LogP contribution is 2.58. The standard InChI is InChI=1S/C15H21N3O3S/c1-15(2)9(10(15)13(20)21)11(19)16-14-18-17-12(22-14)8-6-4-3-5-7-8/h8-10H,3-7H2,1-2H3,(H,20,21)(H,16,18,19)/t9-,10-/m1/s1. The lowest BCUT2D eigenvalue weighted by atomic mass is 9.90. The topological polar surface area (TPSA) is 92.2 Å². The highest BCUT2D eigenvalue weighted by atomic mass is 32.1. The molecule has 6 nitrogen and oxygen atoms in total. The second-order valence-corrected chi connectivity index (χ2v) is 7.89. The molecule has 22 heavy (non-hydrogen) atoms. The van der Waals surface area contributed by atoms with Crippen LogP contribution in [0.1, 0.15) is 56.9 Å². The van der Waals surface area contributed by atoms with Crippen molar-refractivity contribution in [2.45, 2.75) is 51.9 Å². The van der Waals surface area contributed by atoms with Crippen LogP contribution in [0, 0.1) is 17.3 Å². The number of nitrogens with one attached hydrogen (secondary N) is 1. The molecule has 3 rings (SSSR count). The number of carboxylic acid groups (broad SMARTS) is 1. The van der Waals surface area contributed by atoms with Crippen molar-refractivity contribution in [3.8, 4) is 0 Å². The number of carbonyl (C=O) groups excluding carboxylic acids is 1. The van der Waals surface area contributed by atoms with Crippen LogP contribution < -0.4 is 5.32 Å². The molecule has 0 aromatic carbocycles. The fraction of sp³-hybridized carbons (Fsp3) is 0.733. The van der Waals surface area contributed by atoms with E-state index in [-0.39, 0.29) is 5.91 Å². The number of anilines is 1. The summed E-state index contributed by atoms with van der Waals surface area (Å²) < 4.78 is 0. The van der Waals surface area contributed by atoms with E-state index in [2.05, 4.69) is 15.5 Å². The van der Waals surface area contributed by atoms with Crippen LogP contribution in [0.25, 0.3) is 0 Å². The van der Waals surface area contributed by atoms with Gasteiger partial charge in [0.2, 0.25) is 11.0 Å². The number of aliphatic carboxylic acids is 1. The van der Waals surface area contributed by atoms with Gasteiger partial charge in [0.15, 0.2) is 0 Å². The highest BCUT2D eigenvalue weighted by Gasteiger charge is 2.66. The Bertz CT molecular complexity index is 593. The van der Waals surface area contributed by atoms with Gasteiger partial charge in [0.1, 0.15) is 5.01 Å². The predicted molar refractivity (Wildman–Crippen MR) is 82.8 cm³/mol. The van der Waals surface area contributed by atoms with Crippen molar-refractivity contribution in [3.05, 3.63) is 5.01 Å². The molecule has 2 aliphatic rings. The summed E-state index contributed by atoms with van der Waals surface area (Å²) in [6.07, 6.45) is 6.01. The van der Waals surface area contributed by atoms with Crippen molar-refractivity contribution < 1.29 is 14.7 Å². The predicted octanol–water partition coefficient (Wildman–Crippen LogP) is 2.88. The number of nitrogens with zero attached hydrogens (tertiary/aromatic N) is 2. The largest absolute Gasteiger partial charge is 0.481 e. The van der Waals surface area contributed by atoms with Crippen LogP contribution in [0.3, 0.4) is 0 Å². The van der Waals surface area contributed by atoms with Gasteiger partial charge in [-0.25, -0.2) is 0 Å². The molecule has 120 valence electrons. The Morgan fingerprint density at radius 3 is 2.45 bits per heavy atom. The van der Waals surface area contributed by atoms with Gasteiger partial charge in [-0.3, -0.25) is 9.59 Å². The van der Waals surface area contributed by atoms with Crippen LogP contribution in [-0.2, 0) is 9.59 Å². The number of hydrogen-bond donors (Lipinski definition) is 2. The molecule has 2 atom stereocenters. The molecule has 0 aliphatic heterocycles. The summed E-state index contributed by atoms with van der Waals surface area (Å²) in [4.78, 5) is 23.4. The van der Waals surface area contributed by atoms with E-state index in [1.165, 1.54) is 30.6 Å². The second-order valence-electron chi connectivity index (χ2n) is 6.88. The number of carbonyl (C=O) groups is 2. The molecule has 2 aliphatic carbocycles. The molecular formula is C15H21N3O3S. The van der Waals surface area contributed by atoms with Crippen LogP contribution in [-0.4, -0.2) is 27.2 Å². The summed E-state index contributed by atoms with van der Waals surface area (Å²) in [7, 11) is 0. The summed E-state index contributed by atoms with van der Waals surface area (Å²) >= 11 is 1.42. The maximum atomic E-state index is 12.3. The first-order valence-corrected chi connectivity index (χ1v) is 8.60. The smallest absolute Gasteiger partial charge is 0.307 e. The molecule has 1 aromatic rings. The number of carboxylic acids is 1. The minimum Gasteiger partial charge on any atom is -0.481 e. The molecule has 0 saturated heterocycles. The Balaban J connectivity index is 1.63. The first kappa shape index (κ1) is 15.4. The van der Waals surface area contributed by atoms with Gasteiger partial charge in [-0.05, 0) is 18.3 Å². The van der Waals surface area contributed by atoms with Gasteiger partial charge in [-0.2, -0.15) is 0 Å². The van der Waals surface area contributed by atoms with Crippen molar-refractivity contribution >= 4 is 28.3 Å². The summed E-state index contributed by atoms with van der Waals surface area (Å²) in [6, 6.07) is 0. The monoisotopic (exact) mass is 323 g/mol. The van der Waals surface area contributed by atoms with Gasteiger partial charge >= 0.3 is 5.97 Å². The Morgan fingerprint density at radius 2 is 1.86 bits per heavy atom. The Kier molecular flexibility index (Phi) is 3.92. The third kappa shape index (κ3) is 2.74. The van der Waals surface area contributed by atoms with Gasteiger partial charge < -0.3 is 10.4 Å². The zero-order valence-electron chi connectivity index (χ0n) is 12.8. The Labute approximate surface area is 133 Å². The Morgan fingerprint density at radius 1 is 1.18 bits per heavy atom. The highest BCUT2D eigenvalue weighted by molar-refractivity contribution is 7.15. The molecule has 1 aromatic heterocycles. The lowest BCUT2D eigenvalue weighted by Gasteiger charge is -2.18. The van der Waals surface area contributed by atoms with Crippen molar-refractivity contribution in [3.63, 3.8) is 0 Å². The molecule has 7 heteroatoms. The van der Waals surface area contributed by atoms with Crippen LogP contribution in [0.5, 0.6) is 0 Å². The first-order chi connectivity index (χ1) is 10.4. The molecule has 0 spiro atoms. The minimum absolute atomic E-state index is 0.260. The average Bonchev–Trinajstić information content (AvgIpc) is 2.82. The van der Waals surface area contributed by atoms with Gasteiger partial charge in [0.05, 0.1) is 11.8 Å². The van der Waals surface area contributed by atoms with Crippen LogP contribution >= 0.6 is 11.3 Å². The SMILES string of the molecule is CC1(C)[C@@H](C(=O)O)[C@@H]1C(=O)Nc1nnc(C2CCCCC2)s1. The zero-order valence-corrected chi connectivity index (χ0v) is 13.7. The van der Waals surface area contributed by atoms with E-state index in [9.17, 15) is 9.59 Å². The van der Waals surface area contributed by atoms with Gasteiger partial charge in [0, 0.05) is 5.92 Å². The molecule has 2 saturated carbocycles. The fourth-order valence-corrected chi connectivity index (χ4v) is 4.49. The summed E-state index contributed by atoms with van der Waals surface area (Å²) in [5, 5.41) is 21.6. The van der Waals surface area contributed by atoms with Gasteiger partial charge in [-0.1, -0.05) is 44.4 Å². The normalized spacial score (nSPS) is 27.4. The lowest BCUT2D eigenvalue weighted by molar-refractivity contribution is -0.140. The van der Waals surface area contributed by atoms with Crippen molar-refractivity contribution in [2.75, 3.05) is 5.32 Å². The molecule has 2 N–H and O–H groups in total. The molecule has 0 radical (unpaired) electrons. The minimum atomic E-state index is -0.912. The molecular weight excluding hydrogens is 302 g/mol. The molecule has 2 fully saturated rings. The van der Waals surface area contributed by atoms with E-state index < -0.39 is 23.2 Å². The molecule has 1 amide bonds. The maximum absolute atomic E-state index is 12.3. The summed E-state index contributed by atoms with van der Waals surface area (Å²) in [5.41, 5.74) is -0.493. The van der Waals surface area contributed by atoms with Gasteiger partial charge in [-0.15, -0.1) is 10.2 Å². The van der Waals surface area contributed by atoms with Crippen molar-refractivity contribution in [1.82, 2.24) is 10.2 Å². The average molecular weight is 323 g/mol. The number of amides is 1. The third-order valence-electron chi connectivity index (χ3n) is 5.00. The third-order valence-corrected chi connectivity index (χ3v) is 6.00. The molecule has 1 heterocycles. The van der Waals surface area contributed by atoms with Crippen molar-refractivity contribution in [1.29, 1.82) is 0 Å². The second kappa shape index (κ2) is 5.61. The maximum Gasteiger partial charge on any atom is 0.307 e. The fourth-order valence-electron chi connectivity index (χ4n) is 3.57. The number of rotatable bonds is 4. The van der Waals surface area contributed by atoms with E-state index in [4.69, 9.17) is 5.11 Å². The van der Waals surface area contributed by atoms with Gasteiger partial charge in [0.25, 0.3) is 0 Å². The van der Waals surface area contributed by atoms with Crippen LogP contribution in [0.15, 0.2) is 0 Å². The summed E-state index contributed by atoms with van der Waals surface area (Å²) in [5.74, 6) is -1.82. The van der Waals surface area contributed by atoms with E-state index in [1.54, 1.807) is 0 Å².